The molecule has 138 valence electrons. The predicted molar refractivity (Wildman–Crippen MR) is 93.7 cm³/mol. The Morgan fingerprint density at radius 3 is 2.28 bits per heavy atom. The van der Waals surface area contributed by atoms with E-state index in [4.69, 9.17) is 10.5 Å². The van der Waals surface area contributed by atoms with Crippen LogP contribution in [0.4, 0.5) is 4.79 Å². The summed E-state index contributed by atoms with van der Waals surface area (Å²) < 4.78 is 5.50. The number of para-hydroxylation sites is 1. The molecule has 0 heterocycles. The summed E-state index contributed by atoms with van der Waals surface area (Å²) in [5.41, 5.74) is 11.5. The summed E-state index contributed by atoms with van der Waals surface area (Å²) in [7, 11) is 0. The maximum Gasteiger partial charge on any atom is 0.312 e. The zero-order valence-corrected chi connectivity index (χ0v) is 15.0. The fourth-order valence-electron chi connectivity index (χ4n) is 2.26. The summed E-state index contributed by atoms with van der Waals surface area (Å²) in [6, 6.07) is 4.04. The third-order valence-corrected chi connectivity index (χ3v) is 3.87. The molecule has 0 aromatic heterocycles. The number of primary amides is 1. The first kappa shape index (κ1) is 20.3. The van der Waals surface area contributed by atoms with Gasteiger partial charge in [-0.2, -0.15) is 0 Å². The van der Waals surface area contributed by atoms with Gasteiger partial charge in [0, 0.05) is 0 Å². The van der Waals surface area contributed by atoms with Crippen molar-refractivity contribution < 1.29 is 19.1 Å². The van der Waals surface area contributed by atoms with Gasteiger partial charge in [-0.05, 0) is 30.9 Å². The largest absolute Gasteiger partial charge is 0.483 e. The number of carbonyl (C=O) groups excluding carboxylic acids is 3. The smallest absolute Gasteiger partial charge is 0.312 e. The van der Waals surface area contributed by atoms with Crippen LogP contribution in [0.3, 0.4) is 0 Å². The Morgan fingerprint density at radius 1 is 1.16 bits per heavy atom. The highest BCUT2D eigenvalue weighted by Crippen LogP contribution is 2.21. The lowest BCUT2D eigenvalue weighted by Crippen LogP contribution is -2.56. The zero-order chi connectivity index (χ0) is 19.0. The predicted octanol–water partition coefficient (Wildman–Crippen LogP) is 0.913. The first-order valence-corrected chi connectivity index (χ1v) is 8.09. The van der Waals surface area contributed by atoms with Crippen molar-refractivity contribution in [3.8, 4) is 5.75 Å². The van der Waals surface area contributed by atoms with Gasteiger partial charge in [-0.3, -0.25) is 20.4 Å². The van der Waals surface area contributed by atoms with Crippen LogP contribution in [0.5, 0.6) is 5.75 Å². The van der Waals surface area contributed by atoms with Crippen molar-refractivity contribution in [2.75, 3.05) is 6.61 Å². The maximum absolute atomic E-state index is 12.1. The third-order valence-electron chi connectivity index (χ3n) is 3.87. The van der Waals surface area contributed by atoms with Crippen molar-refractivity contribution in [2.45, 2.75) is 40.2 Å². The van der Waals surface area contributed by atoms with Crippen LogP contribution in [0.15, 0.2) is 18.2 Å². The van der Waals surface area contributed by atoms with Gasteiger partial charge in [-0.25, -0.2) is 4.79 Å². The molecule has 4 amide bonds. The molecular weight excluding hydrogens is 324 g/mol. The summed E-state index contributed by atoms with van der Waals surface area (Å²) in [5.74, 6) is -0.571. The van der Waals surface area contributed by atoms with Gasteiger partial charge in [-0.15, -0.1) is 0 Å². The summed E-state index contributed by atoms with van der Waals surface area (Å²) in [5, 5.41) is 2.37. The Balaban J connectivity index is 2.54. The van der Waals surface area contributed by atoms with Gasteiger partial charge >= 0.3 is 6.03 Å². The van der Waals surface area contributed by atoms with Crippen molar-refractivity contribution >= 4 is 17.8 Å². The van der Waals surface area contributed by atoms with Crippen LogP contribution in [0.1, 0.15) is 31.4 Å². The topological polar surface area (TPSA) is 123 Å². The Morgan fingerprint density at radius 2 is 1.76 bits per heavy atom. The van der Waals surface area contributed by atoms with E-state index in [9.17, 15) is 14.4 Å². The molecule has 0 aliphatic heterocycles. The number of aryl methyl sites for hydroxylation is 2. The van der Waals surface area contributed by atoms with Crippen LogP contribution in [-0.2, 0) is 9.59 Å². The van der Waals surface area contributed by atoms with Gasteiger partial charge in [0.1, 0.15) is 11.8 Å². The molecule has 1 rings (SSSR count). The van der Waals surface area contributed by atoms with Gasteiger partial charge in [-0.1, -0.05) is 38.5 Å². The Bertz CT molecular complexity index is 613. The van der Waals surface area contributed by atoms with Crippen LogP contribution in [0.25, 0.3) is 0 Å². The average Bonchev–Trinajstić information content (AvgIpc) is 2.56. The Kier molecular flexibility index (Phi) is 7.71. The molecule has 0 spiro atoms. The van der Waals surface area contributed by atoms with Crippen molar-refractivity contribution in [1.29, 1.82) is 0 Å². The van der Waals surface area contributed by atoms with Gasteiger partial charge < -0.3 is 15.8 Å². The number of amides is 4. The lowest BCUT2D eigenvalue weighted by atomic mass is 9.99. The third kappa shape index (κ3) is 6.33. The molecule has 2 atom stereocenters. The van der Waals surface area contributed by atoms with Crippen molar-refractivity contribution in [3.63, 3.8) is 0 Å². The van der Waals surface area contributed by atoms with E-state index >= 15 is 0 Å². The minimum atomic E-state index is -0.831. The molecule has 0 radical (unpaired) electrons. The fourth-order valence-corrected chi connectivity index (χ4v) is 2.26. The number of carbonyl (C=O) groups is 3. The number of hydrazine groups is 1. The second kappa shape index (κ2) is 9.51. The van der Waals surface area contributed by atoms with Gasteiger partial charge in [0.15, 0.2) is 6.61 Å². The molecule has 0 aliphatic carbocycles. The lowest BCUT2D eigenvalue weighted by Gasteiger charge is -2.22. The number of rotatable bonds is 7. The molecule has 5 N–H and O–H groups in total. The Labute approximate surface area is 147 Å². The Hall–Kier alpha value is -2.77. The van der Waals surface area contributed by atoms with E-state index in [-0.39, 0.29) is 12.5 Å². The van der Waals surface area contributed by atoms with E-state index < -0.39 is 23.9 Å². The second-order valence-corrected chi connectivity index (χ2v) is 5.92. The van der Waals surface area contributed by atoms with Crippen molar-refractivity contribution in [1.82, 2.24) is 16.2 Å². The van der Waals surface area contributed by atoms with Gasteiger partial charge in [0.25, 0.3) is 11.8 Å². The van der Waals surface area contributed by atoms with E-state index in [2.05, 4.69) is 16.2 Å². The maximum atomic E-state index is 12.1. The average molecular weight is 350 g/mol. The number of nitrogens with two attached hydrogens (primary N) is 1. The molecule has 8 nitrogen and oxygen atoms in total. The van der Waals surface area contributed by atoms with Gasteiger partial charge in [0.2, 0.25) is 0 Å². The number of urea groups is 1. The minimum absolute atomic E-state index is 0.143. The minimum Gasteiger partial charge on any atom is -0.483 e. The molecule has 1 aromatic carbocycles. The highest BCUT2D eigenvalue weighted by atomic mass is 16.5. The fraction of sp³-hybridized carbons (Fsp3) is 0.471. The van der Waals surface area contributed by atoms with Crippen LogP contribution >= 0.6 is 0 Å². The van der Waals surface area contributed by atoms with E-state index in [0.717, 1.165) is 11.1 Å². The van der Waals surface area contributed by atoms with Crippen LogP contribution < -0.4 is 26.6 Å². The lowest BCUT2D eigenvalue weighted by molar-refractivity contribution is -0.131. The quantitative estimate of drug-likeness (QED) is 0.546. The zero-order valence-electron chi connectivity index (χ0n) is 15.0. The molecule has 0 aliphatic rings. The van der Waals surface area contributed by atoms with Crippen molar-refractivity contribution in [3.05, 3.63) is 29.3 Å². The highest BCUT2D eigenvalue weighted by Gasteiger charge is 2.25. The summed E-state index contributed by atoms with van der Waals surface area (Å²) in [4.78, 5) is 35.0. The van der Waals surface area contributed by atoms with Crippen LogP contribution in [0, 0.1) is 19.8 Å². The second-order valence-electron chi connectivity index (χ2n) is 5.92. The molecule has 1 aromatic rings. The van der Waals surface area contributed by atoms with Crippen LogP contribution in [0.2, 0.25) is 0 Å². The molecule has 0 fully saturated rings. The van der Waals surface area contributed by atoms with Crippen molar-refractivity contribution in [2.24, 2.45) is 11.7 Å². The van der Waals surface area contributed by atoms with E-state index in [0.29, 0.717) is 12.2 Å². The molecule has 0 saturated carbocycles. The number of benzene rings is 1. The first-order chi connectivity index (χ1) is 11.8. The van der Waals surface area contributed by atoms with Gasteiger partial charge in [0.05, 0.1) is 0 Å². The molecule has 0 saturated heterocycles. The molecule has 8 heteroatoms. The first-order valence-electron chi connectivity index (χ1n) is 8.09. The normalized spacial score (nSPS) is 12.6. The number of hydrogen-bond acceptors (Lipinski definition) is 4. The summed E-state index contributed by atoms with van der Waals surface area (Å²) in [6.45, 7) is 7.20. The monoisotopic (exact) mass is 350 g/mol. The molecule has 0 unspecified atom stereocenters. The number of nitrogens with one attached hydrogen (secondary N) is 3. The number of hydrogen-bond donors (Lipinski definition) is 4. The standard InChI is InChI=1S/C17H26N4O4/c1-5-10(2)14(19-17(18)24)16(23)21-20-13(22)9-25-15-11(3)7-6-8-12(15)4/h6-8,10,14H,5,9H2,1-4H3,(H,20,22)(H,21,23)(H3,18,19,24)/t10-,14-/m0/s1. The molecule has 0 bridgehead atoms. The molecular formula is C17H26N4O4. The summed E-state index contributed by atoms with van der Waals surface area (Å²) in [6.07, 6.45) is 0.655. The molecule has 25 heavy (non-hydrogen) atoms. The highest BCUT2D eigenvalue weighted by molar-refractivity contribution is 5.88. The SMILES string of the molecule is CC[C@H](C)[C@H](NC(N)=O)C(=O)NNC(=O)COc1c(C)cccc1C. The summed E-state index contributed by atoms with van der Waals surface area (Å²) >= 11 is 0. The van der Waals surface area contributed by atoms with E-state index in [1.807, 2.05) is 39.0 Å². The number of ether oxygens (including phenoxy) is 1. The van der Waals surface area contributed by atoms with E-state index in [1.165, 1.54) is 0 Å². The van der Waals surface area contributed by atoms with Crippen LogP contribution in [-0.4, -0.2) is 30.5 Å². The van der Waals surface area contributed by atoms with E-state index in [1.54, 1.807) is 6.92 Å².